The number of sulfonamides is 1. The smallest absolute Gasteiger partial charge is 0.240 e. The summed E-state index contributed by atoms with van der Waals surface area (Å²) in [5.74, 6) is -0.881. The Balaban J connectivity index is 2.21. The van der Waals surface area contributed by atoms with E-state index in [9.17, 15) is 12.8 Å². The molecule has 2 N–H and O–H groups in total. The number of halogens is 2. The monoisotopic (exact) mass is 337 g/mol. The van der Waals surface area contributed by atoms with E-state index in [2.05, 4.69) is 4.72 Å². The van der Waals surface area contributed by atoms with Crippen LogP contribution in [-0.2, 0) is 21.4 Å². The molecule has 0 saturated heterocycles. The summed E-state index contributed by atoms with van der Waals surface area (Å²) in [4.78, 5) is -0.265. The highest BCUT2D eigenvalue weighted by Gasteiger charge is 2.38. The molecule has 0 aromatic heterocycles. The molecule has 0 aliphatic heterocycles. The first-order valence-corrected chi connectivity index (χ1v) is 8.33. The van der Waals surface area contributed by atoms with Crippen molar-refractivity contribution < 1.29 is 22.7 Å². The Bertz CT molecular complexity index is 626. The van der Waals surface area contributed by atoms with Gasteiger partial charge < -0.3 is 9.84 Å². The van der Waals surface area contributed by atoms with Gasteiger partial charge in [-0.05, 0) is 31.4 Å². The molecule has 0 unspecified atom stereocenters. The number of hydrogen-bond acceptors (Lipinski definition) is 4. The standard InChI is InChI=1S/C13H17ClFNO4S/c1-20-13(3-2-4-13)8-16-21(18,19)10-5-9(7-17)12(14)11(15)6-10/h5-6,16-17H,2-4,7-8H2,1H3. The zero-order valence-corrected chi connectivity index (χ0v) is 13.1. The summed E-state index contributed by atoms with van der Waals surface area (Å²) in [7, 11) is -2.35. The lowest BCUT2D eigenvalue weighted by molar-refractivity contribution is -0.0659. The van der Waals surface area contributed by atoms with Crippen molar-refractivity contribution in [3.05, 3.63) is 28.5 Å². The second-order valence-electron chi connectivity index (χ2n) is 5.10. The Morgan fingerprint density at radius 3 is 2.62 bits per heavy atom. The number of benzene rings is 1. The van der Waals surface area contributed by atoms with Crippen LogP contribution >= 0.6 is 11.6 Å². The highest BCUT2D eigenvalue weighted by atomic mass is 35.5. The van der Waals surface area contributed by atoms with Gasteiger partial charge in [0.05, 0.1) is 22.1 Å². The molecule has 0 heterocycles. The van der Waals surface area contributed by atoms with E-state index in [0.717, 1.165) is 31.4 Å². The molecule has 1 saturated carbocycles. The van der Waals surface area contributed by atoms with Crippen LogP contribution in [0.2, 0.25) is 5.02 Å². The minimum atomic E-state index is -3.89. The van der Waals surface area contributed by atoms with Gasteiger partial charge in [-0.2, -0.15) is 0 Å². The SMILES string of the molecule is COC1(CNS(=O)(=O)c2cc(F)c(Cl)c(CO)c2)CCC1. The molecule has 2 rings (SSSR count). The van der Waals surface area contributed by atoms with Crippen molar-refractivity contribution in [3.63, 3.8) is 0 Å². The van der Waals surface area contributed by atoms with Crippen molar-refractivity contribution >= 4 is 21.6 Å². The van der Waals surface area contributed by atoms with Gasteiger partial charge >= 0.3 is 0 Å². The van der Waals surface area contributed by atoms with Gasteiger partial charge in [0.15, 0.2) is 0 Å². The molecule has 8 heteroatoms. The molecule has 1 fully saturated rings. The van der Waals surface area contributed by atoms with E-state index in [1.165, 1.54) is 0 Å². The van der Waals surface area contributed by atoms with Crippen LogP contribution in [0.3, 0.4) is 0 Å². The van der Waals surface area contributed by atoms with Gasteiger partial charge in [-0.25, -0.2) is 17.5 Å². The number of rotatable bonds is 6. The lowest BCUT2D eigenvalue weighted by Gasteiger charge is -2.40. The second-order valence-corrected chi connectivity index (χ2v) is 7.25. The fraction of sp³-hybridized carbons (Fsp3) is 0.538. The van der Waals surface area contributed by atoms with Gasteiger partial charge in [0.1, 0.15) is 5.82 Å². The molecule has 1 aliphatic rings. The quantitative estimate of drug-likeness (QED) is 0.830. The van der Waals surface area contributed by atoms with Crippen molar-refractivity contribution in [3.8, 4) is 0 Å². The van der Waals surface area contributed by atoms with Crippen LogP contribution in [-0.4, -0.2) is 32.8 Å². The molecular weight excluding hydrogens is 321 g/mol. The first kappa shape index (κ1) is 16.6. The fourth-order valence-corrected chi connectivity index (χ4v) is 3.57. The molecule has 0 radical (unpaired) electrons. The number of hydrogen-bond donors (Lipinski definition) is 2. The third kappa shape index (κ3) is 3.37. The Kier molecular flexibility index (Phi) is 4.89. The Morgan fingerprint density at radius 2 is 2.14 bits per heavy atom. The van der Waals surface area contributed by atoms with Gasteiger partial charge in [-0.3, -0.25) is 0 Å². The molecule has 21 heavy (non-hydrogen) atoms. The summed E-state index contributed by atoms with van der Waals surface area (Å²) >= 11 is 5.65. The minimum Gasteiger partial charge on any atom is -0.392 e. The van der Waals surface area contributed by atoms with E-state index in [1.54, 1.807) is 7.11 Å². The van der Waals surface area contributed by atoms with Crippen LogP contribution in [0.1, 0.15) is 24.8 Å². The third-order valence-electron chi connectivity index (χ3n) is 3.84. The van der Waals surface area contributed by atoms with Crippen LogP contribution in [0.25, 0.3) is 0 Å². The van der Waals surface area contributed by atoms with Crippen molar-refractivity contribution in [2.75, 3.05) is 13.7 Å². The number of nitrogens with one attached hydrogen (secondary N) is 1. The molecule has 1 aromatic rings. The maximum atomic E-state index is 13.6. The summed E-state index contributed by atoms with van der Waals surface area (Å²) in [6, 6.07) is 2.00. The fourth-order valence-electron chi connectivity index (χ4n) is 2.22. The number of methoxy groups -OCH3 is 1. The van der Waals surface area contributed by atoms with Gasteiger partial charge in [-0.1, -0.05) is 11.6 Å². The number of aliphatic hydroxyl groups excluding tert-OH is 1. The Hall–Kier alpha value is -0.730. The zero-order chi connectivity index (χ0) is 15.7. The van der Waals surface area contributed by atoms with E-state index < -0.39 is 28.0 Å². The summed E-state index contributed by atoms with van der Waals surface area (Å²) in [6.45, 7) is -0.411. The van der Waals surface area contributed by atoms with E-state index in [-0.39, 0.29) is 22.0 Å². The highest BCUT2D eigenvalue weighted by molar-refractivity contribution is 7.89. The topological polar surface area (TPSA) is 75.6 Å². The first-order valence-electron chi connectivity index (χ1n) is 6.47. The molecular formula is C13H17ClFNO4S. The minimum absolute atomic E-state index is 0.0298. The predicted octanol–water partition coefficient (Wildman–Crippen LogP) is 1.82. The van der Waals surface area contributed by atoms with Gasteiger partial charge in [0, 0.05) is 19.2 Å². The van der Waals surface area contributed by atoms with Crippen LogP contribution in [0.15, 0.2) is 17.0 Å². The molecule has 0 amide bonds. The molecule has 1 aliphatic carbocycles. The van der Waals surface area contributed by atoms with Gasteiger partial charge in [0.2, 0.25) is 10.0 Å². The van der Waals surface area contributed by atoms with Crippen molar-refractivity contribution in [2.24, 2.45) is 0 Å². The van der Waals surface area contributed by atoms with Crippen LogP contribution < -0.4 is 4.72 Å². The molecule has 5 nitrogen and oxygen atoms in total. The predicted molar refractivity (Wildman–Crippen MR) is 76.1 cm³/mol. The maximum Gasteiger partial charge on any atom is 0.240 e. The van der Waals surface area contributed by atoms with E-state index in [0.29, 0.717) is 0 Å². The molecule has 0 atom stereocenters. The maximum absolute atomic E-state index is 13.6. The number of ether oxygens (including phenoxy) is 1. The largest absolute Gasteiger partial charge is 0.392 e. The summed E-state index contributed by atoms with van der Waals surface area (Å²) in [6.07, 6.45) is 2.55. The van der Waals surface area contributed by atoms with Crippen LogP contribution in [0.4, 0.5) is 4.39 Å². The summed E-state index contributed by atoms with van der Waals surface area (Å²) < 4.78 is 45.8. The highest BCUT2D eigenvalue weighted by Crippen LogP contribution is 2.34. The van der Waals surface area contributed by atoms with Crippen LogP contribution in [0, 0.1) is 5.82 Å². The average molecular weight is 338 g/mol. The van der Waals surface area contributed by atoms with Crippen molar-refractivity contribution in [1.82, 2.24) is 4.72 Å². The van der Waals surface area contributed by atoms with E-state index >= 15 is 0 Å². The summed E-state index contributed by atoms with van der Waals surface area (Å²) in [5, 5.41) is 8.82. The lowest BCUT2D eigenvalue weighted by atomic mass is 9.80. The first-order chi connectivity index (χ1) is 9.83. The lowest BCUT2D eigenvalue weighted by Crippen LogP contribution is -2.49. The zero-order valence-electron chi connectivity index (χ0n) is 11.5. The average Bonchev–Trinajstić information content (AvgIpc) is 2.40. The third-order valence-corrected chi connectivity index (χ3v) is 5.64. The van der Waals surface area contributed by atoms with Crippen molar-refractivity contribution in [2.45, 2.75) is 36.4 Å². The van der Waals surface area contributed by atoms with Gasteiger partial charge in [-0.15, -0.1) is 0 Å². The normalized spacial score (nSPS) is 17.5. The Morgan fingerprint density at radius 1 is 1.48 bits per heavy atom. The van der Waals surface area contributed by atoms with E-state index in [4.69, 9.17) is 21.4 Å². The number of aliphatic hydroxyl groups is 1. The molecule has 0 bridgehead atoms. The van der Waals surface area contributed by atoms with Gasteiger partial charge in [0.25, 0.3) is 0 Å². The molecule has 0 spiro atoms. The van der Waals surface area contributed by atoms with E-state index in [1.807, 2.05) is 0 Å². The Labute approximate surface area is 128 Å². The molecule has 1 aromatic carbocycles. The molecule has 118 valence electrons. The van der Waals surface area contributed by atoms with Crippen molar-refractivity contribution in [1.29, 1.82) is 0 Å². The summed E-state index contributed by atoms with van der Waals surface area (Å²) in [5.41, 5.74) is -0.445. The second kappa shape index (κ2) is 6.18. The van der Waals surface area contributed by atoms with Crippen LogP contribution in [0.5, 0.6) is 0 Å².